The van der Waals surface area contributed by atoms with Crippen LogP contribution in [0.2, 0.25) is 0 Å². The quantitative estimate of drug-likeness (QED) is 0.185. The van der Waals surface area contributed by atoms with Crippen LogP contribution in [0.4, 0.5) is 11.6 Å². The number of hydrogen-bond donors (Lipinski definition) is 4. The molecule has 220 valence electrons. The molecule has 2 unspecified atom stereocenters. The van der Waals surface area contributed by atoms with Gasteiger partial charge in [-0.2, -0.15) is 4.98 Å². The van der Waals surface area contributed by atoms with Gasteiger partial charge in [0.2, 0.25) is 11.6 Å². The van der Waals surface area contributed by atoms with Gasteiger partial charge in [-0.3, -0.25) is 9.88 Å². The molecular formula is C32H35N8O3+. The predicted octanol–water partition coefficient (Wildman–Crippen LogP) is 6.02. The van der Waals surface area contributed by atoms with Crippen molar-refractivity contribution in [3.05, 3.63) is 89.4 Å². The lowest BCUT2D eigenvalue weighted by Crippen LogP contribution is -2.48. The number of aromatic nitrogens is 5. The van der Waals surface area contributed by atoms with Crippen LogP contribution in [0.5, 0.6) is 5.88 Å². The zero-order valence-corrected chi connectivity index (χ0v) is 24.2. The Morgan fingerprint density at radius 2 is 1.77 bits per heavy atom. The Morgan fingerprint density at radius 1 is 0.953 bits per heavy atom. The summed E-state index contributed by atoms with van der Waals surface area (Å²) in [5, 5.41) is 22.4. The van der Waals surface area contributed by atoms with Crippen molar-refractivity contribution < 1.29 is 15.2 Å². The Hall–Kier alpha value is -4.42. The Morgan fingerprint density at radius 3 is 2.63 bits per heavy atom. The highest BCUT2D eigenvalue weighted by Crippen LogP contribution is 2.36. The van der Waals surface area contributed by atoms with E-state index in [2.05, 4.69) is 30.3 Å². The molecule has 2 aromatic carbocycles. The lowest BCUT2D eigenvalue weighted by atomic mass is 10.00. The Bertz CT molecular complexity index is 1770. The summed E-state index contributed by atoms with van der Waals surface area (Å²) in [6.07, 6.45) is 7.70. The highest BCUT2D eigenvalue weighted by molar-refractivity contribution is 5.70. The molecule has 0 saturated carbocycles. The smallest absolute Gasteiger partial charge is 0.279 e. The highest BCUT2D eigenvalue weighted by Gasteiger charge is 2.35. The fourth-order valence-corrected chi connectivity index (χ4v) is 6.38. The van der Waals surface area contributed by atoms with Crippen LogP contribution in [-0.4, -0.2) is 52.9 Å². The molecule has 2 atom stereocenters. The number of anilines is 1. The molecule has 7 rings (SSSR count). The molecule has 11 nitrogen and oxygen atoms in total. The average Bonchev–Trinajstić information content (AvgIpc) is 3.36. The van der Waals surface area contributed by atoms with Crippen LogP contribution in [0.25, 0.3) is 22.4 Å². The molecule has 1 fully saturated rings. The molecular weight excluding hydrogens is 544 g/mol. The first kappa shape index (κ1) is 27.4. The van der Waals surface area contributed by atoms with Gasteiger partial charge in [0.15, 0.2) is 5.65 Å². The molecule has 5 aromatic rings. The van der Waals surface area contributed by atoms with Gasteiger partial charge in [0, 0.05) is 42.5 Å². The third kappa shape index (κ3) is 5.43. The van der Waals surface area contributed by atoms with Crippen LogP contribution in [0.1, 0.15) is 54.1 Å². The first-order valence-electron chi connectivity index (χ1n) is 14.7. The highest BCUT2D eigenvalue weighted by atomic mass is 16.9. The topological polar surface area (TPSA) is 132 Å². The number of aromatic amines is 1. The van der Waals surface area contributed by atoms with E-state index in [9.17, 15) is 10.4 Å². The van der Waals surface area contributed by atoms with Crippen LogP contribution in [0.15, 0.2) is 67.0 Å². The standard InChI is InChI=1S/C32H35N8O3/c1-20-7-5-8-21(2)30(20)26-16-29-37-32(36-26)38-40(41,42)24-11-6-9-22(15-24)18-39-23(19-43-29)10-3-4-12-28(39)27-17-34-25-13-14-33-31(25)35-27/h5-9,11,13-17,23,28,41-42H,3-4,10,12,18-19H2,1-2H3,(H,33,35)(H,36,37,38)/q+1. The monoisotopic (exact) mass is 579 g/mol. The third-order valence-corrected chi connectivity index (χ3v) is 8.51. The van der Waals surface area contributed by atoms with Gasteiger partial charge in [0.25, 0.3) is 5.95 Å². The Balaban J connectivity index is 1.34. The summed E-state index contributed by atoms with van der Waals surface area (Å²) in [5.41, 5.74) is 10.0. The first-order chi connectivity index (χ1) is 20.8. The summed E-state index contributed by atoms with van der Waals surface area (Å²) in [7, 11) is 0. The number of rotatable bonds is 2. The molecule has 0 aliphatic carbocycles. The number of benzene rings is 2. The minimum atomic E-state index is -1.62. The van der Waals surface area contributed by atoms with Crippen molar-refractivity contribution in [2.45, 2.75) is 58.2 Å². The van der Waals surface area contributed by atoms with E-state index in [4.69, 9.17) is 9.72 Å². The van der Waals surface area contributed by atoms with E-state index in [-0.39, 0.29) is 23.7 Å². The van der Waals surface area contributed by atoms with Crippen molar-refractivity contribution >= 4 is 22.8 Å². The lowest BCUT2D eigenvalue weighted by Gasteiger charge is -2.36. The van der Waals surface area contributed by atoms with E-state index in [1.165, 1.54) is 0 Å². The molecule has 1 saturated heterocycles. The van der Waals surface area contributed by atoms with Gasteiger partial charge < -0.3 is 9.72 Å². The SMILES string of the molecule is Cc1cccc(C)c1-c1cc2nc(n1)N[N+](O)(O)c1cccc(c1)CN1C(CCCCC1c1cnc3cc[nH]c3n1)CO2. The molecule has 11 heteroatoms. The Labute approximate surface area is 249 Å². The van der Waals surface area contributed by atoms with Crippen molar-refractivity contribution in [1.82, 2.24) is 34.7 Å². The molecule has 0 amide bonds. The van der Waals surface area contributed by atoms with Gasteiger partial charge in [-0.15, -0.1) is 15.8 Å². The van der Waals surface area contributed by atoms with E-state index in [0.29, 0.717) is 24.7 Å². The number of aryl methyl sites for hydroxylation is 2. The molecule has 3 aromatic heterocycles. The molecule has 5 heterocycles. The Kier molecular flexibility index (Phi) is 7.02. The lowest BCUT2D eigenvalue weighted by molar-refractivity contribution is -0.273. The van der Waals surface area contributed by atoms with E-state index in [0.717, 1.165) is 64.8 Å². The van der Waals surface area contributed by atoms with Gasteiger partial charge in [0.1, 0.15) is 12.1 Å². The van der Waals surface area contributed by atoms with Gasteiger partial charge in [-0.1, -0.05) is 43.2 Å². The average molecular weight is 580 g/mol. The van der Waals surface area contributed by atoms with E-state index >= 15 is 0 Å². The van der Waals surface area contributed by atoms with Crippen molar-refractivity contribution in [3.63, 3.8) is 0 Å². The first-order valence-corrected chi connectivity index (χ1v) is 14.7. The normalized spacial score (nSPS) is 20.5. The van der Waals surface area contributed by atoms with E-state index < -0.39 is 4.92 Å². The van der Waals surface area contributed by atoms with Gasteiger partial charge in [0.05, 0.1) is 28.5 Å². The number of nitrogens with one attached hydrogen (secondary N) is 2. The number of ether oxygens (including phenoxy) is 1. The van der Waals surface area contributed by atoms with Gasteiger partial charge in [-0.25, -0.2) is 9.97 Å². The molecule has 2 aliphatic heterocycles. The third-order valence-electron chi connectivity index (χ3n) is 8.51. The number of H-pyrrole nitrogens is 1. The summed E-state index contributed by atoms with van der Waals surface area (Å²) in [6, 6.07) is 17.1. The minimum Gasteiger partial charge on any atom is -0.476 e. The molecule has 4 bridgehead atoms. The second-order valence-corrected chi connectivity index (χ2v) is 11.5. The van der Waals surface area contributed by atoms with Crippen molar-refractivity contribution in [3.8, 4) is 17.1 Å². The van der Waals surface area contributed by atoms with Crippen molar-refractivity contribution in [2.24, 2.45) is 0 Å². The van der Waals surface area contributed by atoms with Crippen LogP contribution in [0, 0.1) is 13.8 Å². The fraction of sp³-hybridized carbons (Fsp3) is 0.312. The number of hydrogen-bond acceptors (Lipinski definition) is 9. The van der Waals surface area contributed by atoms with Gasteiger partial charge >= 0.3 is 0 Å². The summed E-state index contributed by atoms with van der Waals surface area (Å²) in [5.74, 6) is 0.393. The molecule has 0 radical (unpaired) electrons. The number of nitrogens with zero attached hydrogens (tertiary/aromatic N) is 6. The zero-order chi connectivity index (χ0) is 29.6. The second kappa shape index (κ2) is 11.0. The fourth-order valence-electron chi connectivity index (χ4n) is 6.38. The number of fused-ring (bicyclic) bond motifs is 6. The minimum absolute atomic E-state index is 0.00292. The number of quaternary nitrogens is 1. The zero-order valence-electron chi connectivity index (χ0n) is 24.2. The van der Waals surface area contributed by atoms with Crippen LogP contribution < -0.4 is 15.1 Å². The van der Waals surface area contributed by atoms with Crippen molar-refractivity contribution in [2.75, 3.05) is 12.0 Å². The predicted molar refractivity (Wildman–Crippen MR) is 162 cm³/mol. The maximum atomic E-state index is 11.2. The van der Waals surface area contributed by atoms with Crippen molar-refractivity contribution in [1.29, 1.82) is 0 Å². The largest absolute Gasteiger partial charge is 0.476 e. The van der Waals surface area contributed by atoms with E-state index in [1.54, 1.807) is 12.1 Å². The maximum Gasteiger partial charge on any atom is 0.279 e. The summed E-state index contributed by atoms with van der Waals surface area (Å²) >= 11 is 0. The van der Waals surface area contributed by atoms with Crippen LogP contribution in [0.3, 0.4) is 0 Å². The molecule has 4 N–H and O–H groups in total. The van der Waals surface area contributed by atoms with Crippen LogP contribution in [-0.2, 0) is 6.54 Å². The van der Waals surface area contributed by atoms with E-state index in [1.807, 2.05) is 68.7 Å². The summed E-state index contributed by atoms with van der Waals surface area (Å²) in [4.78, 5) is 22.9. The summed E-state index contributed by atoms with van der Waals surface area (Å²) in [6.45, 7) is 5.02. The van der Waals surface area contributed by atoms with Gasteiger partial charge in [-0.05, 0) is 49.4 Å². The molecule has 43 heavy (non-hydrogen) atoms. The second-order valence-electron chi connectivity index (χ2n) is 11.5. The maximum absolute atomic E-state index is 11.2. The van der Waals surface area contributed by atoms with Crippen LogP contribution >= 0.6 is 0 Å². The summed E-state index contributed by atoms with van der Waals surface area (Å²) < 4.78 is 6.45. The molecule has 2 aliphatic rings. The molecule has 0 spiro atoms.